The molecule has 2 saturated carbocycles. The van der Waals surface area contributed by atoms with E-state index >= 15 is 0 Å². The maximum Gasteiger partial charge on any atom is 0.0125 e. The SMILES string of the molecule is CC1(N)CCCC1.NC1CCCCC1. The Morgan fingerprint density at radius 2 is 1.43 bits per heavy atom. The molecular weight excluding hydrogens is 172 g/mol. The molecule has 2 aliphatic carbocycles. The van der Waals surface area contributed by atoms with E-state index in [1.54, 1.807) is 0 Å². The molecule has 14 heavy (non-hydrogen) atoms. The van der Waals surface area contributed by atoms with Crippen molar-refractivity contribution >= 4 is 0 Å². The molecule has 0 saturated heterocycles. The van der Waals surface area contributed by atoms with Crippen LogP contribution < -0.4 is 11.5 Å². The molecule has 2 fully saturated rings. The first-order valence-electron chi connectivity index (χ1n) is 6.15. The molecule has 0 aromatic heterocycles. The molecule has 0 spiro atoms. The highest BCUT2D eigenvalue weighted by atomic mass is 14.7. The second kappa shape index (κ2) is 5.72. The van der Waals surface area contributed by atoms with Crippen LogP contribution in [-0.4, -0.2) is 11.6 Å². The molecule has 0 amide bonds. The third-order valence-corrected chi connectivity index (χ3v) is 3.40. The Hall–Kier alpha value is -0.0800. The molecule has 0 heterocycles. The summed E-state index contributed by atoms with van der Waals surface area (Å²) in [5.74, 6) is 0. The predicted molar refractivity (Wildman–Crippen MR) is 62.1 cm³/mol. The molecule has 0 bridgehead atoms. The van der Waals surface area contributed by atoms with E-state index in [-0.39, 0.29) is 5.54 Å². The fourth-order valence-electron chi connectivity index (χ4n) is 2.32. The van der Waals surface area contributed by atoms with Crippen molar-refractivity contribution in [1.82, 2.24) is 0 Å². The summed E-state index contributed by atoms with van der Waals surface area (Å²) in [7, 11) is 0. The standard InChI is InChI=1S/2C6H13N/c1-6(7)4-2-3-5-6;7-6-4-2-1-3-5-6/h2-5,7H2,1H3;6H,1-5,7H2. The van der Waals surface area contributed by atoms with Crippen LogP contribution in [0.1, 0.15) is 64.7 Å². The van der Waals surface area contributed by atoms with Crippen LogP contribution in [0, 0.1) is 0 Å². The fourth-order valence-corrected chi connectivity index (χ4v) is 2.32. The van der Waals surface area contributed by atoms with E-state index in [4.69, 9.17) is 11.5 Å². The lowest BCUT2D eigenvalue weighted by molar-refractivity contribution is 0.441. The summed E-state index contributed by atoms with van der Waals surface area (Å²) in [5, 5.41) is 0. The van der Waals surface area contributed by atoms with Gasteiger partial charge in [0, 0.05) is 11.6 Å². The molecule has 2 rings (SSSR count). The van der Waals surface area contributed by atoms with Crippen LogP contribution in [-0.2, 0) is 0 Å². The smallest absolute Gasteiger partial charge is 0.0125 e. The van der Waals surface area contributed by atoms with Crippen LogP contribution in [0.25, 0.3) is 0 Å². The van der Waals surface area contributed by atoms with Gasteiger partial charge in [-0.05, 0) is 32.6 Å². The molecule has 0 atom stereocenters. The van der Waals surface area contributed by atoms with E-state index in [9.17, 15) is 0 Å². The summed E-state index contributed by atoms with van der Waals surface area (Å²) in [5.41, 5.74) is 11.6. The minimum atomic E-state index is 0.194. The summed E-state index contributed by atoms with van der Waals surface area (Å²) in [6, 6.07) is 0.536. The summed E-state index contributed by atoms with van der Waals surface area (Å²) < 4.78 is 0. The molecule has 0 unspecified atom stereocenters. The van der Waals surface area contributed by atoms with Crippen LogP contribution in [0.4, 0.5) is 0 Å². The van der Waals surface area contributed by atoms with Crippen molar-refractivity contribution in [3.8, 4) is 0 Å². The zero-order valence-electron chi connectivity index (χ0n) is 9.60. The first-order chi connectivity index (χ1) is 6.60. The molecule has 84 valence electrons. The third-order valence-electron chi connectivity index (χ3n) is 3.40. The van der Waals surface area contributed by atoms with Gasteiger partial charge in [0.15, 0.2) is 0 Å². The average Bonchev–Trinajstić information content (AvgIpc) is 2.52. The lowest BCUT2D eigenvalue weighted by Gasteiger charge is -2.15. The van der Waals surface area contributed by atoms with Gasteiger partial charge in [0.25, 0.3) is 0 Å². The topological polar surface area (TPSA) is 52.0 Å². The molecule has 4 N–H and O–H groups in total. The molecule has 2 nitrogen and oxygen atoms in total. The Bertz CT molecular complexity index is 140. The quantitative estimate of drug-likeness (QED) is 0.628. The van der Waals surface area contributed by atoms with Crippen molar-refractivity contribution in [2.45, 2.75) is 76.3 Å². The number of rotatable bonds is 0. The zero-order valence-corrected chi connectivity index (χ0v) is 9.60. The zero-order chi connectivity index (χ0) is 10.4. The maximum atomic E-state index is 5.78. The first-order valence-corrected chi connectivity index (χ1v) is 6.15. The second-order valence-electron chi connectivity index (χ2n) is 5.26. The lowest BCUT2D eigenvalue weighted by Crippen LogP contribution is -2.31. The van der Waals surface area contributed by atoms with Gasteiger partial charge in [-0.25, -0.2) is 0 Å². The van der Waals surface area contributed by atoms with E-state index in [0.29, 0.717) is 6.04 Å². The van der Waals surface area contributed by atoms with Crippen molar-refractivity contribution in [2.24, 2.45) is 11.5 Å². The molecule has 0 aromatic rings. The van der Waals surface area contributed by atoms with Gasteiger partial charge >= 0.3 is 0 Å². The van der Waals surface area contributed by atoms with Crippen LogP contribution in [0.15, 0.2) is 0 Å². The largest absolute Gasteiger partial charge is 0.328 e. The maximum absolute atomic E-state index is 5.78. The molecule has 2 aliphatic rings. The fraction of sp³-hybridized carbons (Fsp3) is 1.00. The highest BCUT2D eigenvalue weighted by Crippen LogP contribution is 2.25. The van der Waals surface area contributed by atoms with Gasteiger partial charge in [0.05, 0.1) is 0 Å². The van der Waals surface area contributed by atoms with Crippen molar-refractivity contribution in [3.63, 3.8) is 0 Å². The summed E-state index contributed by atoms with van der Waals surface area (Å²) in [6.45, 7) is 2.14. The summed E-state index contributed by atoms with van der Waals surface area (Å²) in [4.78, 5) is 0. The number of hydrogen-bond donors (Lipinski definition) is 2. The first kappa shape index (κ1) is 12.0. The van der Waals surface area contributed by atoms with Gasteiger partial charge in [0.2, 0.25) is 0 Å². The van der Waals surface area contributed by atoms with Gasteiger partial charge in [-0.15, -0.1) is 0 Å². The Morgan fingerprint density at radius 1 is 0.929 bits per heavy atom. The Labute approximate surface area is 88.4 Å². The minimum Gasteiger partial charge on any atom is -0.328 e. The van der Waals surface area contributed by atoms with Crippen LogP contribution in [0.5, 0.6) is 0 Å². The van der Waals surface area contributed by atoms with Crippen molar-refractivity contribution < 1.29 is 0 Å². The number of hydrogen-bond acceptors (Lipinski definition) is 2. The second-order valence-corrected chi connectivity index (χ2v) is 5.26. The molecule has 0 aromatic carbocycles. The van der Waals surface area contributed by atoms with E-state index in [1.807, 2.05) is 0 Å². The Morgan fingerprint density at radius 3 is 1.64 bits per heavy atom. The van der Waals surface area contributed by atoms with Gasteiger partial charge in [0.1, 0.15) is 0 Å². The Kier molecular flexibility index (Phi) is 4.90. The van der Waals surface area contributed by atoms with Crippen molar-refractivity contribution in [1.29, 1.82) is 0 Å². The van der Waals surface area contributed by atoms with E-state index in [0.717, 1.165) is 0 Å². The normalized spacial score (nSPS) is 26.8. The summed E-state index contributed by atoms with van der Waals surface area (Å²) >= 11 is 0. The van der Waals surface area contributed by atoms with Crippen LogP contribution in [0.3, 0.4) is 0 Å². The van der Waals surface area contributed by atoms with E-state index in [1.165, 1.54) is 57.8 Å². The van der Waals surface area contributed by atoms with Crippen molar-refractivity contribution in [3.05, 3.63) is 0 Å². The highest BCUT2D eigenvalue weighted by Gasteiger charge is 2.22. The molecular formula is C12H26N2. The van der Waals surface area contributed by atoms with Crippen molar-refractivity contribution in [2.75, 3.05) is 0 Å². The monoisotopic (exact) mass is 198 g/mol. The summed E-state index contributed by atoms with van der Waals surface area (Å²) in [6.07, 6.45) is 11.8. The van der Waals surface area contributed by atoms with Gasteiger partial charge in [-0.1, -0.05) is 32.1 Å². The molecule has 2 heteroatoms. The van der Waals surface area contributed by atoms with Gasteiger partial charge < -0.3 is 11.5 Å². The highest BCUT2D eigenvalue weighted by molar-refractivity contribution is 4.83. The third kappa shape index (κ3) is 4.97. The average molecular weight is 198 g/mol. The van der Waals surface area contributed by atoms with Gasteiger partial charge in [-0.3, -0.25) is 0 Å². The van der Waals surface area contributed by atoms with E-state index in [2.05, 4.69) is 6.92 Å². The molecule has 0 radical (unpaired) electrons. The predicted octanol–water partition coefficient (Wildman–Crippen LogP) is 2.56. The Balaban J connectivity index is 0.000000140. The van der Waals surface area contributed by atoms with Crippen LogP contribution >= 0.6 is 0 Å². The van der Waals surface area contributed by atoms with Crippen LogP contribution in [0.2, 0.25) is 0 Å². The van der Waals surface area contributed by atoms with E-state index < -0.39 is 0 Å². The number of nitrogens with two attached hydrogens (primary N) is 2. The van der Waals surface area contributed by atoms with Gasteiger partial charge in [-0.2, -0.15) is 0 Å². The molecule has 0 aliphatic heterocycles. The lowest BCUT2D eigenvalue weighted by atomic mass is 9.97. The minimum absolute atomic E-state index is 0.194.